The zero-order chi connectivity index (χ0) is 24.0. The fourth-order valence-electron chi connectivity index (χ4n) is 3.81. The number of hydrogen-bond donors (Lipinski definition) is 4. The van der Waals surface area contributed by atoms with Gasteiger partial charge in [0.25, 0.3) is 11.8 Å². The van der Waals surface area contributed by atoms with Crippen LogP contribution in [0, 0.1) is 11.7 Å². The monoisotopic (exact) mass is 479 g/mol. The predicted molar refractivity (Wildman–Crippen MR) is 121 cm³/mol. The number of benzene rings is 1. The number of carbonyl (C=O) groups excluding carboxylic acids is 3. The maximum Gasteiger partial charge on any atom is 0.272 e. The minimum atomic E-state index is -0.476. The normalized spacial score (nSPS) is 18.9. The Balaban J connectivity index is 1.51. The van der Waals surface area contributed by atoms with Gasteiger partial charge in [-0.15, -0.1) is 0 Å². The molecule has 33 heavy (non-hydrogen) atoms. The summed E-state index contributed by atoms with van der Waals surface area (Å²) in [7, 11) is 1.54. The third-order valence-electron chi connectivity index (χ3n) is 5.50. The average Bonchev–Trinajstić information content (AvgIpc) is 3.26. The summed E-state index contributed by atoms with van der Waals surface area (Å²) in [5.74, 6) is -1.80. The Morgan fingerprint density at radius 2 is 1.97 bits per heavy atom. The van der Waals surface area contributed by atoms with E-state index in [1.165, 1.54) is 25.6 Å². The molecule has 0 radical (unpaired) electrons. The van der Waals surface area contributed by atoms with Gasteiger partial charge in [0, 0.05) is 25.1 Å². The number of ether oxygens (including phenoxy) is 1. The van der Waals surface area contributed by atoms with Crippen LogP contribution in [0.2, 0.25) is 5.02 Å². The maximum atomic E-state index is 13.2. The van der Waals surface area contributed by atoms with Crippen LogP contribution >= 0.6 is 11.6 Å². The smallest absolute Gasteiger partial charge is 0.272 e. The maximum absolute atomic E-state index is 13.2. The number of hydrogen-bond acceptors (Lipinski definition) is 5. The first kappa shape index (κ1) is 24.7. The van der Waals surface area contributed by atoms with Crippen LogP contribution in [-0.2, 0) is 9.53 Å². The standard InChI is InChI=1S/C22H27ClFN5O4/c1-12(10-33-2)27-21(31)18-19(26-11-25-18)22(32)28-15-6-3-13(4-7-15)20(30)29-17-8-5-14(24)9-16(17)23/h5,8-9,11-13,15H,3-4,6-7,10H2,1-2H3,(H,25,26)(H,27,31)(H,28,32)(H,29,30)/t12-,13?,15?/m0/s1. The van der Waals surface area contributed by atoms with Crippen LogP contribution in [0.25, 0.3) is 0 Å². The molecule has 11 heteroatoms. The molecule has 1 aliphatic rings. The lowest BCUT2D eigenvalue weighted by Crippen LogP contribution is -2.41. The van der Waals surface area contributed by atoms with Crippen molar-refractivity contribution in [2.45, 2.75) is 44.7 Å². The van der Waals surface area contributed by atoms with E-state index in [0.29, 0.717) is 38.0 Å². The lowest BCUT2D eigenvalue weighted by Gasteiger charge is -2.28. The highest BCUT2D eigenvalue weighted by molar-refractivity contribution is 6.33. The zero-order valence-corrected chi connectivity index (χ0v) is 19.2. The van der Waals surface area contributed by atoms with Crippen LogP contribution in [0.5, 0.6) is 0 Å². The quantitative estimate of drug-likeness (QED) is 0.463. The number of carbonyl (C=O) groups is 3. The summed E-state index contributed by atoms with van der Waals surface area (Å²) in [6.45, 7) is 2.13. The van der Waals surface area contributed by atoms with Crippen LogP contribution in [-0.4, -0.2) is 53.5 Å². The lowest BCUT2D eigenvalue weighted by atomic mass is 9.85. The molecule has 3 amide bonds. The summed E-state index contributed by atoms with van der Waals surface area (Å²) < 4.78 is 18.2. The zero-order valence-electron chi connectivity index (χ0n) is 18.4. The van der Waals surface area contributed by atoms with Gasteiger partial charge < -0.3 is 25.7 Å². The van der Waals surface area contributed by atoms with Crippen molar-refractivity contribution in [1.29, 1.82) is 0 Å². The molecule has 1 saturated carbocycles. The highest BCUT2D eigenvalue weighted by atomic mass is 35.5. The third-order valence-corrected chi connectivity index (χ3v) is 5.81. The topological polar surface area (TPSA) is 125 Å². The van der Waals surface area contributed by atoms with E-state index in [1.807, 2.05) is 0 Å². The molecule has 1 heterocycles. The van der Waals surface area contributed by atoms with Crippen molar-refractivity contribution in [2.24, 2.45) is 5.92 Å². The molecule has 1 aliphatic carbocycles. The number of amides is 3. The molecular weight excluding hydrogens is 453 g/mol. The van der Waals surface area contributed by atoms with Crippen molar-refractivity contribution in [1.82, 2.24) is 20.6 Å². The van der Waals surface area contributed by atoms with E-state index < -0.39 is 17.6 Å². The van der Waals surface area contributed by atoms with E-state index in [4.69, 9.17) is 16.3 Å². The molecule has 1 aromatic carbocycles. The average molecular weight is 480 g/mol. The molecule has 1 fully saturated rings. The van der Waals surface area contributed by atoms with Crippen molar-refractivity contribution in [2.75, 3.05) is 19.0 Å². The van der Waals surface area contributed by atoms with Gasteiger partial charge in [-0.3, -0.25) is 14.4 Å². The number of H-pyrrole nitrogens is 1. The Hall–Kier alpha value is -2.98. The Kier molecular flexibility index (Phi) is 8.40. The summed E-state index contributed by atoms with van der Waals surface area (Å²) in [4.78, 5) is 44.4. The number of anilines is 1. The minimum absolute atomic E-state index is 0.0166. The first-order valence-corrected chi connectivity index (χ1v) is 11.1. The molecule has 0 spiro atoms. The van der Waals surface area contributed by atoms with Gasteiger partial charge in [0.1, 0.15) is 11.5 Å². The van der Waals surface area contributed by atoms with Gasteiger partial charge >= 0.3 is 0 Å². The summed E-state index contributed by atoms with van der Waals surface area (Å²) in [6, 6.07) is 3.43. The van der Waals surface area contributed by atoms with Crippen LogP contribution in [0.15, 0.2) is 24.5 Å². The van der Waals surface area contributed by atoms with Gasteiger partial charge in [0.05, 0.1) is 23.6 Å². The molecule has 0 saturated heterocycles. The van der Waals surface area contributed by atoms with Crippen molar-refractivity contribution in [3.63, 3.8) is 0 Å². The van der Waals surface area contributed by atoms with E-state index in [1.54, 1.807) is 6.92 Å². The molecule has 0 aliphatic heterocycles. The molecule has 2 aromatic rings. The Labute approximate surface area is 195 Å². The van der Waals surface area contributed by atoms with Gasteiger partial charge in [-0.2, -0.15) is 0 Å². The van der Waals surface area contributed by atoms with Gasteiger partial charge in [0.15, 0.2) is 5.69 Å². The number of imidazole rings is 1. The second-order valence-electron chi connectivity index (χ2n) is 8.09. The van der Waals surface area contributed by atoms with Gasteiger partial charge in [-0.05, 0) is 50.8 Å². The SMILES string of the molecule is COC[C@H](C)NC(=O)c1[nH]cnc1C(=O)NC1CCC(C(=O)Nc2ccc(F)cc2Cl)CC1. The molecule has 3 rings (SSSR count). The first-order valence-electron chi connectivity index (χ1n) is 10.7. The number of methoxy groups -OCH3 is 1. The Morgan fingerprint density at radius 1 is 1.24 bits per heavy atom. The van der Waals surface area contributed by atoms with E-state index in [-0.39, 0.29) is 40.3 Å². The Bertz CT molecular complexity index is 1010. The van der Waals surface area contributed by atoms with Crippen LogP contribution in [0.1, 0.15) is 53.6 Å². The molecule has 4 N–H and O–H groups in total. The molecule has 1 atom stereocenters. The van der Waals surface area contributed by atoms with Crippen molar-refractivity contribution in [3.05, 3.63) is 46.8 Å². The second kappa shape index (κ2) is 11.2. The number of rotatable bonds is 8. The van der Waals surface area contributed by atoms with Crippen LogP contribution < -0.4 is 16.0 Å². The fraction of sp³-hybridized carbons (Fsp3) is 0.455. The molecule has 9 nitrogen and oxygen atoms in total. The summed E-state index contributed by atoms with van der Waals surface area (Å²) >= 11 is 5.97. The van der Waals surface area contributed by atoms with Crippen molar-refractivity contribution < 1.29 is 23.5 Å². The Morgan fingerprint density at radius 3 is 2.64 bits per heavy atom. The van der Waals surface area contributed by atoms with Gasteiger partial charge in [-0.1, -0.05) is 11.6 Å². The number of nitrogens with zero attached hydrogens (tertiary/aromatic N) is 1. The highest BCUT2D eigenvalue weighted by Gasteiger charge is 2.29. The predicted octanol–water partition coefficient (Wildman–Crippen LogP) is 2.89. The molecule has 0 unspecified atom stereocenters. The number of halogens is 2. The van der Waals surface area contributed by atoms with Crippen molar-refractivity contribution in [3.8, 4) is 0 Å². The highest BCUT2D eigenvalue weighted by Crippen LogP contribution is 2.28. The van der Waals surface area contributed by atoms with Crippen molar-refractivity contribution >= 4 is 35.0 Å². The third kappa shape index (κ3) is 6.52. The summed E-state index contributed by atoms with van der Waals surface area (Å²) in [5, 5.41) is 8.51. The molecule has 1 aromatic heterocycles. The van der Waals surface area contributed by atoms with E-state index in [2.05, 4.69) is 25.9 Å². The first-order chi connectivity index (χ1) is 15.8. The fourth-order valence-corrected chi connectivity index (χ4v) is 4.02. The van der Waals surface area contributed by atoms with Crippen LogP contribution in [0.4, 0.5) is 10.1 Å². The van der Waals surface area contributed by atoms with Gasteiger partial charge in [-0.25, -0.2) is 9.37 Å². The van der Waals surface area contributed by atoms with Crippen LogP contribution in [0.3, 0.4) is 0 Å². The molecule has 178 valence electrons. The minimum Gasteiger partial charge on any atom is -0.383 e. The summed E-state index contributed by atoms with van der Waals surface area (Å²) in [5.41, 5.74) is 0.463. The second-order valence-corrected chi connectivity index (χ2v) is 8.50. The molecular formula is C22H27ClFN5O4. The van der Waals surface area contributed by atoms with E-state index in [0.717, 1.165) is 6.07 Å². The summed E-state index contributed by atoms with van der Waals surface area (Å²) in [6.07, 6.45) is 3.62. The molecule has 0 bridgehead atoms. The number of aromatic nitrogens is 2. The largest absolute Gasteiger partial charge is 0.383 e. The number of aromatic amines is 1. The van der Waals surface area contributed by atoms with Gasteiger partial charge in [0.2, 0.25) is 5.91 Å². The number of nitrogens with one attached hydrogen (secondary N) is 4. The van der Waals surface area contributed by atoms with E-state index in [9.17, 15) is 18.8 Å². The van der Waals surface area contributed by atoms with E-state index >= 15 is 0 Å². The lowest BCUT2D eigenvalue weighted by molar-refractivity contribution is -0.120.